The lowest BCUT2D eigenvalue weighted by Crippen LogP contribution is -2.48. The van der Waals surface area contributed by atoms with Gasteiger partial charge in [0.2, 0.25) is 0 Å². The minimum atomic E-state index is -1.55. The van der Waals surface area contributed by atoms with Crippen molar-refractivity contribution < 1.29 is 50.1 Å². The van der Waals surface area contributed by atoms with Crippen molar-refractivity contribution in [1.82, 2.24) is 5.32 Å². The first-order valence-electron chi connectivity index (χ1n) is 15.2. The van der Waals surface area contributed by atoms with Crippen molar-refractivity contribution in [2.75, 3.05) is 32.2 Å². The monoisotopic (exact) mass is 706 g/mol. The quantitative estimate of drug-likeness (QED) is 0.101. The fourth-order valence-electron chi connectivity index (χ4n) is 4.48. The molecule has 13 heteroatoms. The van der Waals surface area contributed by atoms with Gasteiger partial charge in [-0.3, -0.25) is 4.79 Å². The van der Waals surface area contributed by atoms with Crippen LogP contribution in [-0.4, -0.2) is 99.3 Å². The number of aliphatic hydroxyl groups excluding tert-OH is 5. The second-order valence-electron chi connectivity index (χ2n) is 10.9. The normalized spacial score (nSPS) is 13.0. The molecule has 8 N–H and O–H groups in total. The van der Waals surface area contributed by atoms with Gasteiger partial charge in [0.25, 0.3) is 5.91 Å². The number of phenols is 1. The average molecular weight is 707 g/mol. The second kappa shape index (κ2) is 19.3. The predicted octanol–water partition coefficient (Wildman–Crippen LogP) is 2.64. The summed E-state index contributed by atoms with van der Waals surface area (Å²) in [5.41, 5.74) is 2.89. The lowest BCUT2D eigenvalue weighted by molar-refractivity contribution is -0.113. The molecule has 264 valence electrons. The molecule has 0 saturated heterocycles. The minimum Gasteiger partial charge on any atom is -0.507 e. The van der Waals surface area contributed by atoms with Crippen LogP contribution in [0.25, 0.3) is 0 Å². The summed E-state index contributed by atoms with van der Waals surface area (Å²) in [6.07, 6.45) is -5.65. The van der Waals surface area contributed by atoms with Gasteiger partial charge < -0.3 is 50.7 Å². The Balaban J connectivity index is 0.000000442. The maximum absolute atomic E-state index is 13.5. The van der Waals surface area contributed by atoms with Crippen LogP contribution in [0.15, 0.2) is 91.0 Å². The fraction of sp³-hybridized carbons (Fsp3) is 0.243. The van der Waals surface area contributed by atoms with Crippen molar-refractivity contribution >= 4 is 29.2 Å². The summed E-state index contributed by atoms with van der Waals surface area (Å²) in [5, 5.41) is 67.5. The number of carbonyl (C=O) groups excluding carboxylic acids is 1. The number of carbonyl (C=O) groups is 2. The van der Waals surface area contributed by atoms with Crippen molar-refractivity contribution in [1.29, 1.82) is 0 Å². The number of benzene rings is 4. The number of likely N-dealkylation sites (N-methyl/N-ethyl adjacent to an activating group) is 1. The molecule has 4 atom stereocenters. The third-order valence-electron chi connectivity index (χ3n) is 7.33. The van der Waals surface area contributed by atoms with Crippen LogP contribution in [0.4, 0.5) is 5.69 Å². The molecular formula is C37H39ClN2O10. The Morgan fingerprint density at radius 2 is 1.40 bits per heavy atom. The maximum atomic E-state index is 13.5. The molecule has 0 bridgehead atoms. The molecule has 0 fully saturated rings. The highest BCUT2D eigenvalue weighted by atomic mass is 35.5. The molecule has 0 aliphatic carbocycles. The molecular weight excluding hydrogens is 668 g/mol. The number of methoxy groups -OCH3 is 1. The van der Waals surface area contributed by atoms with Gasteiger partial charge >= 0.3 is 5.97 Å². The smallest absolute Gasteiger partial charge is 0.339 e. The van der Waals surface area contributed by atoms with Gasteiger partial charge in [-0.2, -0.15) is 0 Å². The van der Waals surface area contributed by atoms with Gasteiger partial charge in [0, 0.05) is 33.9 Å². The van der Waals surface area contributed by atoms with Crippen LogP contribution in [-0.2, 0) is 6.54 Å². The highest BCUT2D eigenvalue weighted by Crippen LogP contribution is 2.27. The van der Waals surface area contributed by atoms with Crippen LogP contribution >= 0.6 is 11.6 Å². The predicted molar refractivity (Wildman–Crippen MR) is 187 cm³/mol. The number of nitrogens with zero attached hydrogens (tertiary/aromatic N) is 1. The maximum Gasteiger partial charge on any atom is 0.339 e. The van der Waals surface area contributed by atoms with Gasteiger partial charge in [0.15, 0.2) is 0 Å². The molecule has 0 aliphatic rings. The zero-order chi connectivity index (χ0) is 36.8. The van der Waals surface area contributed by atoms with Crippen LogP contribution in [0, 0.1) is 11.8 Å². The van der Waals surface area contributed by atoms with Gasteiger partial charge in [-0.05, 0) is 91.5 Å². The summed E-state index contributed by atoms with van der Waals surface area (Å²) >= 11 is 5.92. The Bertz CT molecular complexity index is 1760. The number of halogens is 1. The number of hydrogen-bond donors (Lipinski definition) is 8. The van der Waals surface area contributed by atoms with Crippen LogP contribution in [0.2, 0.25) is 5.02 Å². The zero-order valence-corrected chi connectivity index (χ0v) is 28.0. The van der Waals surface area contributed by atoms with Crippen molar-refractivity contribution in [3.05, 3.63) is 124 Å². The summed E-state index contributed by atoms with van der Waals surface area (Å²) in [7, 11) is 3.11. The van der Waals surface area contributed by atoms with E-state index in [9.17, 15) is 24.9 Å². The summed E-state index contributed by atoms with van der Waals surface area (Å²) in [6.45, 7) is -0.402. The van der Waals surface area contributed by atoms with Crippen LogP contribution in [0.5, 0.6) is 11.5 Å². The number of aromatic carboxylic acids is 1. The van der Waals surface area contributed by atoms with E-state index in [4.69, 9.17) is 36.8 Å². The highest BCUT2D eigenvalue weighted by Gasteiger charge is 2.29. The van der Waals surface area contributed by atoms with Crippen LogP contribution < -0.4 is 15.0 Å². The van der Waals surface area contributed by atoms with E-state index in [1.165, 1.54) is 30.2 Å². The minimum absolute atomic E-state index is 0.0936. The topological polar surface area (TPSA) is 200 Å². The number of carboxylic acid groups (broad SMARTS) is 1. The Morgan fingerprint density at radius 3 is 1.92 bits per heavy atom. The van der Waals surface area contributed by atoms with E-state index in [-0.39, 0.29) is 30.3 Å². The average Bonchev–Trinajstić information content (AvgIpc) is 3.13. The van der Waals surface area contributed by atoms with E-state index in [2.05, 4.69) is 17.2 Å². The van der Waals surface area contributed by atoms with E-state index >= 15 is 0 Å². The number of ether oxygens (including phenoxy) is 1. The first-order chi connectivity index (χ1) is 23.9. The molecule has 0 heterocycles. The highest BCUT2D eigenvalue weighted by molar-refractivity contribution is 6.30. The van der Waals surface area contributed by atoms with E-state index in [0.29, 0.717) is 22.0 Å². The molecule has 12 nitrogen and oxygen atoms in total. The number of hydrogen-bond acceptors (Lipinski definition) is 10. The Hall–Kier alpha value is -4.97. The van der Waals surface area contributed by atoms with E-state index < -0.39 is 37.0 Å². The molecule has 4 aromatic carbocycles. The third-order valence-corrected chi connectivity index (χ3v) is 7.59. The number of rotatable bonds is 12. The van der Waals surface area contributed by atoms with E-state index in [0.717, 1.165) is 16.7 Å². The SMILES string of the molecule is CNC[C@H](O)[C@@H](O)[C@H](O)[C@H](O)CO.COc1ccc(C(=O)N(Cc2ccc(C#Cc3ccc(Cl)cc3)cc2)c2ccc(O)c(C(=O)O)c2)cc1. The molecule has 0 unspecified atom stereocenters. The van der Waals surface area contributed by atoms with Gasteiger partial charge in [-0.25, -0.2) is 4.79 Å². The van der Waals surface area contributed by atoms with Gasteiger partial charge in [0.05, 0.1) is 26.4 Å². The van der Waals surface area contributed by atoms with Gasteiger partial charge in [-0.1, -0.05) is 35.6 Å². The standard InChI is InChI=1S/C30H22ClNO5.C7H17NO5/c1-37-26-15-10-23(11-16-26)29(34)32(25-14-17-28(33)27(18-25)30(35)36)19-22-6-4-20(5-7-22)2-3-21-8-12-24(31)13-9-21;1-8-2-4(10)6(12)7(13)5(11)3-9/h4-18,33H,19H2,1H3,(H,35,36);4-13H,2-3H2,1H3/t;4-,5+,6+,7+/m.0/s1. The molecule has 4 rings (SSSR count). The van der Waals surface area contributed by atoms with E-state index in [1.54, 1.807) is 43.4 Å². The first-order valence-corrected chi connectivity index (χ1v) is 15.6. The first kappa shape index (κ1) is 39.5. The number of carboxylic acids is 1. The number of aliphatic hydroxyl groups is 5. The number of amides is 1. The van der Waals surface area contributed by atoms with Gasteiger partial charge in [0.1, 0.15) is 35.4 Å². The molecule has 0 aliphatic heterocycles. The van der Waals surface area contributed by atoms with Crippen molar-refractivity contribution in [3.8, 4) is 23.3 Å². The van der Waals surface area contributed by atoms with Crippen LogP contribution in [0.3, 0.4) is 0 Å². The summed E-state index contributed by atoms with van der Waals surface area (Å²) in [5.74, 6) is 4.78. The van der Waals surface area contributed by atoms with Crippen molar-refractivity contribution in [2.45, 2.75) is 31.0 Å². The van der Waals surface area contributed by atoms with Gasteiger partial charge in [-0.15, -0.1) is 0 Å². The Kier molecular flexibility index (Phi) is 15.2. The largest absolute Gasteiger partial charge is 0.507 e. The van der Waals surface area contributed by atoms with Crippen molar-refractivity contribution in [3.63, 3.8) is 0 Å². The van der Waals surface area contributed by atoms with E-state index in [1.807, 2.05) is 36.4 Å². The zero-order valence-electron chi connectivity index (χ0n) is 27.3. The fourth-order valence-corrected chi connectivity index (χ4v) is 4.61. The molecule has 4 aromatic rings. The Labute approximate surface area is 294 Å². The molecule has 1 amide bonds. The summed E-state index contributed by atoms with van der Waals surface area (Å²) in [4.78, 5) is 26.6. The molecule has 0 radical (unpaired) electrons. The number of aromatic hydroxyl groups is 1. The Morgan fingerprint density at radius 1 is 0.840 bits per heavy atom. The van der Waals surface area contributed by atoms with Crippen molar-refractivity contribution in [2.24, 2.45) is 0 Å². The summed E-state index contributed by atoms with van der Waals surface area (Å²) < 4.78 is 5.17. The second-order valence-corrected chi connectivity index (χ2v) is 11.4. The number of anilines is 1. The molecule has 50 heavy (non-hydrogen) atoms. The number of nitrogens with one attached hydrogen (secondary N) is 1. The molecule has 0 spiro atoms. The molecule has 0 aromatic heterocycles. The summed E-state index contributed by atoms with van der Waals surface area (Å²) in [6, 6.07) is 25.4. The van der Waals surface area contributed by atoms with Crippen LogP contribution in [0.1, 0.15) is 37.4 Å². The lowest BCUT2D eigenvalue weighted by Gasteiger charge is -2.25. The third kappa shape index (κ3) is 11.3. The lowest BCUT2D eigenvalue weighted by atomic mass is 10.0. The molecule has 0 saturated carbocycles.